The van der Waals surface area contributed by atoms with Crippen molar-refractivity contribution in [1.29, 1.82) is 0 Å². The van der Waals surface area contributed by atoms with Gasteiger partial charge in [0.15, 0.2) is 46.4 Å². The molecular weight excluding hydrogens is 473 g/mol. The molecule has 0 spiro atoms. The summed E-state index contributed by atoms with van der Waals surface area (Å²) in [6.07, 6.45) is 1.56. The first-order chi connectivity index (χ1) is 16.7. The third-order valence-corrected chi connectivity index (χ3v) is 5.94. The minimum Gasteiger partial charge on any atom is -0.450 e. The predicted molar refractivity (Wildman–Crippen MR) is 119 cm³/mol. The molecule has 0 unspecified atom stereocenters. The molecule has 0 atom stereocenters. The van der Waals surface area contributed by atoms with E-state index in [0.29, 0.717) is 24.8 Å². The molecule has 1 aliphatic rings. The zero-order chi connectivity index (χ0) is 25.4. The highest BCUT2D eigenvalue weighted by Crippen LogP contribution is 2.44. The van der Waals surface area contributed by atoms with Crippen LogP contribution in [0.25, 0.3) is 11.7 Å². The molecule has 0 aliphatic carbocycles. The van der Waals surface area contributed by atoms with E-state index in [4.69, 9.17) is 4.74 Å². The van der Waals surface area contributed by atoms with Crippen LogP contribution in [0, 0.1) is 29.1 Å². The maximum absolute atomic E-state index is 15.2. The van der Waals surface area contributed by atoms with Gasteiger partial charge >= 0.3 is 0 Å². The molecule has 1 heterocycles. The van der Waals surface area contributed by atoms with Crippen LogP contribution in [-0.4, -0.2) is 0 Å². The molecule has 0 saturated heterocycles. The Morgan fingerprint density at radius 3 is 1.86 bits per heavy atom. The topological polar surface area (TPSA) is 9.23 Å². The summed E-state index contributed by atoms with van der Waals surface area (Å²) >= 11 is 0. The monoisotopic (exact) mass is 494 g/mol. The molecule has 3 aromatic carbocycles. The zero-order valence-electron chi connectivity index (χ0n) is 19.0. The molecule has 1 aliphatic heterocycles. The first kappa shape index (κ1) is 24.8. The molecule has 0 bridgehead atoms. The van der Waals surface area contributed by atoms with E-state index in [1.165, 1.54) is 12.1 Å². The molecule has 0 saturated carbocycles. The van der Waals surface area contributed by atoms with E-state index in [-0.39, 0.29) is 29.5 Å². The van der Waals surface area contributed by atoms with E-state index in [9.17, 15) is 26.3 Å². The SMILES string of the molecule is CCCc1ccc(/C(F)=C(\F)c2ccc3c(c2F)Oc2c(cc(CCC)c(F)c2F)C3)c(F)c1F. The second-order valence-corrected chi connectivity index (χ2v) is 8.37. The Morgan fingerprint density at radius 2 is 1.20 bits per heavy atom. The van der Waals surface area contributed by atoms with Gasteiger partial charge in [0.2, 0.25) is 5.82 Å². The van der Waals surface area contributed by atoms with Gasteiger partial charge in [-0.25, -0.2) is 26.3 Å². The number of hydrogen-bond donors (Lipinski definition) is 0. The van der Waals surface area contributed by atoms with Crippen molar-refractivity contribution in [2.75, 3.05) is 0 Å². The highest BCUT2D eigenvalue weighted by Gasteiger charge is 2.30. The summed E-state index contributed by atoms with van der Waals surface area (Å²) in [5.41, 5.74) is -1.26. The fraction of sp³-hybridized carbons (Fsp3) is 0.259. The molecule has 184 valence electrons. The van der Waals surface area contributed by atoms with Crippen LogP contribution in [0.2, 0.25) is 0 Å². The molecule has 3 aromatic rings. The minimum absolute atomic E-state index is 0.00494. The summed E-state index contributed by atoms with van der Waals surface area (Å²) in [6, 6.07) is 5.65. The van der Waals surface area contributed by atoms with Crippen LogP contribution in [0.15, 0.2) is 30.3 Å². The predicted octanol–water partition coefficient (Wildman–Crippen LogP) is 8.75. The lowest BCUT2D eigenvalue weighted by Gasteiger charge is -2.23. The Bertz CT molecular complexity index is 1340. The molecule has 0 radical (unpaired) electrons. The summed E-state index contributed by atoms with van der Waals surface area (Å²) in [4.78, 5) is 0. The lowest BCUT2D eigenvalue weighted by Crippen LogP contribution is -2.11. The van der Waals surface area contributed by atoms with Gasteiger partial charge in [-0.3, -0.25) is 0 Å². The average Bonchev–Trinajstić information content (AvgIpc) is 2.84. The first-order valence-corrected chi connectivity index (χ1v) is 11.2. The zero-order valence-corrected chi connectivity index (χ0v) is 19.0. The van der Waals surface area contributed by atoms with E-state index in [1.807, 2.05) is 0 Å². The molecule has 0 N–H and O–H groups in total. The Labute approximate surface area is 197 Å². The van der Waals surface area contributed by atoms with Crippen LogP contribution >= 0.6 is 0 Å². The van der Waals surface area contributed by atoms with Crippen molar-refractivity contribution in [3.05, 3.63) is 92.8 Å². The standard InChI is InChI=1S/C27H21F7O/c1-3-5-13-7-9-17(21(30)19(13)28)22(31)23(32)18-10-8-15-12-16-11-14(6-4-2)20(29)25(34)27(16)35-26(15)24(18)33/h7-11H,3-6,12H2,1-2H3/b23-22+. The van der Waals surface area contributed by atoms with Gasteiger partial charge in [0, 0.05) is 17.5 Å². The third kappa shape index (κ3) is 4.30. The van der Waals surface area contributed by atoms with Crippen LogP contribution < -0.4 is 4.74 Å². The molecule has 35 heavy (non-hydrogen) atoms. The Morgan fingerprint density at radius 1 is 0.657 bits per heavy atom. The number of halogens is 7. The molecule has 0 fully saturated rings. The van der Waals surface area contributed by atoms with Crippen molar-refractivity contribution in [2.45, 2.75) is 46.0 Å². The van der Waals surface area contributed by atoms with Crippen LogP contribution in [0.5, 0.6) is 11.5 Å². The number of benzene rings is 3. The van der Waals surface area contributed by atoms with E-state index >= 15 is 4.39 Å². The van der Waals surface area contributed by atoms with Gasteiger partial charge in [0.05, 0.1) is 11.1 Å². The van der Waals surface area contributed by atoms with Gasteiger partial charge in [-0.15, -0.1) is 0 Å². The van der Waals surface area contributed by atoms with Gasteiger partial charge in [-0.05, 0) is 42.2 Å². The summed E-state index contributed by atoms with van der Waals surface area (Å²) in [5.74, 6) is -11.4. The summed E-state index contributed by atoms with van der Waals surface area (Å²) < 4.78 is 108. The van der Waals surface area contributed by atoms with E-state index < -0.39 is 63.4 Å². The number of hydrogen-bond acceptors (Lipinski definition) is 1. The van der Waals surface area contributed by atoms with Crippen LogP contribution in [0.4, 0.5) is 30.7 Å². The Balaban J connectivity index is 1.76. The second-order valence-electron chi connectivity index (χ2n) is 8.37. The van der Waals surface area contributed by atoms with Crippen LogP contribution in [0.1, 0.15) is 60.1 Å². The quantitative estimate of drug-likeness (QED) is 0.192. The second kappa shape index (κ2) is 9.76. The Kier molecular flexibility index (Phi) is 6.92. The van der Waals surface area contributed by atoms with Gasteiger partial charge in [0.1, 0.15) is 0 Å². The van der Waals surface area contributed by atoms with Gasteiger partial charge in [-0.1, -0.05) is 38.8 Å². The van der Waals surface area contributed by atoms with Crippen molar-refractivity contribution in [1.82, 2.24) is 0 Å². The lowest BCUT2D eigenvalue weighted by atomic mass is 9.95. The molecule has 8 heteroatoms. The van der Waals surface area contributed by atoms with E-state index in [2.05, 4.69) is 0 Å². The van der Waals surface area contributed by atoms with Crippen molar-refractivity contribution < 1.29 is 35.5 Å². The number of fused-ring (bicyclic) bond motifs is 2. The van der Waals surface area contributed by atoms with Crippen molar-refractivity contribution >= 4 is 11.7 Å². The molecule has 1 nitrogen and oxygen atoms in total. The first-order valence-electron chi connectivity index (χ1n) is 11.2. The normalized spacial score (nSPS) is 13.2. The number of ether oxygens (including phenoxy) is 1. The lowest BCUT2D eigenvalue weighted by molar-refractivity contribution is 0.378. The smallest absolute Gasteiger partial charge is 0.201 e. The van der Waals surface area contributed by atoms with Crippen molar-refractivity contribution in [3.63, 3.8) is 0 Å². The summed E-state index contributed by atoms with van der Waals surface area (Å²) in [7, 11) is 0. The maximum atomic E-state index is 15.2. The number of rotatable bonds is 6. The minimum atomic E-state index is -1.80. The van der Waals surface area contributed by atoms with E-state index in [0.717, 1.165) is 18.2 Å². The van der Waals surface area contributed by atoms with Crippen LogP contribution in [0.3, 0.4) is 0 Å². The summed E-state index contributed by atoms with van der Waals surface area (Å²) in [6.45, 7) is 3.55. The third-order valence-electron chi connectivity index (χ3n) is 5.94. The Hall–Kier alpha value is -3.29. The molecular formula is C27H21F7O. The molecule has 4 rings (SSSR count). The van der Waals surface area contributed by atoms with E-state index in [1.54, 1.807) is 13.8 Å². The summed E-state index contributed by atoms with van der Waals surface area (Å²) in [5, 5.41) is 0. The van der Waals surface area contributed by atoms with Gasteiger partial charge in [-0.2, -0.15) is 4.39 Å². The number of aryl methyl sites for hydroxylation is 2. The van der Waals surface area contributed by atoms with Gasteiger partial charge in [0.25, 0.3) is 0 Å². The molecule has 0 aromatic heterocycles. The fourth-order valence-corrected chi connectivity index (χ4v) is 4.19. The fourth-order valence-electron chi connectivity index (χ4n) is 4.19. The highest BCUT2D eigenvalue weighted by atomic mass is 19.2. The highest BCUT2D eigenvalue weighted by molar-refractivity contribution is 5.84. The molecule has 0 amide bonds. The largest absolute Gasteiger partial charge is 0.450 e. The average molecular weight is 494 g/mol. The van der Waals surface area contributed by atoms with Crippen LogP contribution in [-0.2, 0) is 19.3 Å². The maximum Gasteiger partial charge on any atom is 0.201 e. The van der Waals surface area contributed by atoms with Gasteiger partial charge < -0.3 is 4.74 Å². The van der Waals surface area contributed by atoms with Crippen molar-refractivity contribution in [3.8, 4) is 11.5 Å². The van der Waals surface area contributed by atoms with Crippen molar-refractivity contribution in [2.24, 2.45) is 0 Å².